The van der Waals surface area contributed by atoms with E-state index in [1.54, 1.807) is 0 Å². The number of hydrogen-bond donors (Lipinski definition) is 0. The SMILES string of the molecule is CCOCC(=O)c1ccc2c(c1)CCC2. The van der Waals surface area contributed by atoms with E-state index in [4.69, 9.17) is 4.74 Å². The van der Waals surface area contributed by atoms with Gasteiger partial charge in [-0.2, -0.15) is 0 Å². The molecule has 0 radical (unpaired) electrons. The van der Waals surface area contributed by atoms with E-state index in [9.17, 15) is 4.79 Å². The van der Waals surface area contributed by atoms with Gasteiger partial charge in [-0.1, -0.05) is 12.1 Å². The quantitative estimate of drug-likeness (QED) is 0.704. The Labute approximate surface area is 90.3 Å². The zero-order valence-corrected chi connectivity index (χ0v) is 9.08. The first-order chi connectivity index (χ1) is 7.31. The Balaban J connectivity index is 2.12. The Morgan fingerprint density at radius 3 is 2.93 bits per heavy atom. The van der Waals surface area contributed by atoms with Crippen molar-refractivity contribution in [3.8, 4) is 0 Å². The standard InChI is InChI=1S/C13H16O2/c1-2-15-9-13(14)12-7-6-10-4-3-5-11(10)8-12/h6-8H,2-5,9H2,1H3. The third kappa shape index (κ3) is 2.26. The first-order valence-electron chi connectivity index (χ1n) is 5.54. The van der Waals surface area contributed by atoms with Gasteiger partial charge in [0.25, 0.3) is 0 Å². The van der Waals surface area contributed by atoms with E-state index in [2.05, 4.69) is 6.07 Å². The molecule has 1 aliphatic carbocycles. The summed E-state index contributed by atoms with van der Waals surface area (Å²) in [5, 5.41) is 0. The smallest absolute Gasteiger partial charge is 0.188 e. The van der Waals surface area contributed by atoms with Crippen LogP contribution in [0.2, 0.25) is 0 Å². The van der Waals surface area contributed by atoms with Gasteiger partial charge in [0.2, 0.25) is 0 Å². The Kier molecular flexibility index (Phi) is 3.17. The van der Waals surface area contributed by atoms with Crippen molar-refractivity contribution < 1.29 is 9.53 Å². The van der Waals surface area contributed by atoms with E-state index in [-0.39, 0.29) is 12.4 Å². The molecule has 1 aromatic carbocycles. The van der Waals surface area contributed by atoms with Crippen molar-refractivity contribution in [2.24, 2.45) is 0 Å². The number of aryl methyl sites for hydroxylation is 2. The van der Waals surface area contributed by atoms with Gasteiger partial charge < -0.3 is 4.74 Å². The van der Waals surface area contributed by atoms with Gasteiger partial charge >= 0.3 is 0 Å². The fourth-order valence-corrected chi connectivity index (χ4v) is 2.02. The number of benzene rings is 1. The van der Waals surface area contributed by atoms with E-state index in [0.717, 1.165) is 18.4 Å². The van der Waals surface area contributed by atoms with Crippen molar-refractivity contribution in [2.75, 3.05) is 13.2 Å². The molecular formula is C13H16O2. The minimum absolute atomic E-state index is 0.0894. The number of carbonyl (C=O) groups is 1. The van der Waals surface area contributed by atoms with Crippen LogP contribution in [0.4, 0.5) is 0 Å². The molecule has 2 heteroatoms. The maximum Gasteiger partial charge on any atom is 0.188 e. The molecule has 0 N–H and O–H groups in total. The Morgan fingerprint density at radius 2 is 2.13 bits per heavy atom. The van der Waals surface area contributed by atoms with Crippen LogP contribution in [0.3, 0.4) is 0 Å². The van der Waals surface area contributed by atoms with Crippen LogP contribution in [0.25, 0.3) is 0 Å². The largest absolute Gasteiger partial charge is 0.374 e. The maximum atomic E-state index is 11.7. The lowest BCUT2D eigenvalue weighted by Crippen LogP contribution is -2.09. The van der Waals surface area contributed by atoms with Crippen molar-refractivity contribution >= 4 is 5.78 Å². The van der Waals surface area contributed by atoms with Crippen LogP contribution in [-0.4, -0.2) is 19.0 Å². The minimum Gasteiger partial charge on any atom is -0.374 e. The summed E-state index contributed by atoms with van der Waals surface area (Å²) in [4.78, 5) is 11.7. The highest BCUT2D eigenvalue weighted by Gasteiger charge is 2.13. The predicted molar refractivity (Wildman–Crippen MR) is 59.3 cm³/mol. The molecule has 0 saturated heterocycles. The van der Waals surface area contributed by atoms with E-state index in [1.807, 2.05) is 19.1 Å². The molecule has 0 amide bonds. The summed E-state index contributed by atoms with van der Waals surface area (Å²) >= 11 is 0. The average molecular weight is 204 g/mol. The van der Waals surface area contributed by atoms with E-state index in [1.165, 1.54) is 17.5 Å². The van der Waals surface area contributed by atoms with Crippen LogP contribution in [-0.2, 0) is 17.6 Å². The maximum absolute atomic E-state index is 11.7. The molecular weight excluding hydrogens is 188 g/mol. The fraction of sp³-hybridized carbons (Fsp3) is 0.462. The molecule has 0 fully saturated rings. The zero-order chi connectivity index (χ0) is 10.7. The second-order valence-corrected chi connectivity index (χ2v) is 3.90. The average Bonchev–Trinajstić information content (AvgIpc) is 2.72. The monoisotopic (exact) mass is 204 g/mol. The van der Waals surface area contributed by atoms with Gasteiger partial charge in [0.1, 0.15) is 6.61 Å². The van der Waals surface area contributed by atoms with Crippen LogP contribution < -0.4 is 0 Å². The zero-order valence-electron chi connectivity index (χ0n) is 9.08. The van der Waals surface area contributed by atoms with Gasteiger partial charge in [-0.05, 0) is 43.4 Å². The molecule has 0 heterocycles. The molecule has 0 aromatic heterocycles. The molecule has 2 nitrogen and oxygen atoms in total. The molecule has 15 heavy (non-hydrogen) atoms. The number of ether oxygens (including phenoxy) is 1. The van der Waals surface area contributed by atoms with E-state index in [0.29, 0.717) is 6.61 Å². The van der Waals surface area contributed by atoms with Gasteiger partial charge in [0, 0.05) is 12.2 Å². The first-order valence-corrected chi connectivity index (χ1v) is 5.54. The molecule has 1 aromatic rings. The summed E-state index contributed by atoms with van der Waals surface area (Å²) in [5.74, 6) is 0.0894. The molecule has 0 atom stereocenters. The molecule has 0 saturated carbocycles. The minimum atomic E-state index is 0.0894. The number of rotatable bonds is 4. The normalized spacial score (nSPS) is 13.9. The number of carbonyl (C=O) groups excluding carboxylic acids is 1. The molecule has 1 aliphatic rings. The molecule has 0 bridgehead atoms. The summed E-state index contributed by atoms with van der Waals surface area (Å²) < 4.78 is 5.12. The number of Topliss-reactive ketones (excluding diaryl/α,β-unsaturated/α-hetero) is 1. The second-order valence-electron chi connectivity index (χ2n) is 3.90. The topological polar surface area (TPSA) is 26.3 Å². The second kappa shape index (κ2) is 4.58. The van der Waals surface area contributed by atoms with Gasteiger partial charge in [0.15, 0.2) is 5.78 Å². The van der Waals surface area contributed by atoms with Crippen molar-refractivity contribution in [1.82, 2.24) is 0 Å². The molecule has 0 spiro atoms. The van der Waals surface area contributed by atoms with Gasteiger partial charge in [-0.3, -0.25) is 4.79 Å². The summed E-state index contributed by atoms with van der Waals surface area (Å²) in [5.41, 5.74) is 3.55. The van der Waals surface area contributed by atoms with Crippen molar-refractivity contribution in [3.05, 3.63) is 34.9 Å². The number of ketones is 1. The molecule has 80 valence electrons. The van der Waals surface area contributed by atoms with Crippen LogP contribution >= 0.6 is 0 Å². The Morgan fingerprint density at radius 1 is 1.33 bits per heavy atom. The Bertz CT molecular complexity index is 369. The summed E-state index contributed by atoms with van der Waals surface area (Å²) in [6.45, 7) is 2.70. The van der Waals surface area contributed by atoms with Gasteiger partial charge in [0.05, 0.1) is 0 Å². The van der Waals surface area contributed by atoms with E-state index < -0.39 is 0 Å². The van der Waals surface area contributed by atoms with Gasteiger partial charge in [-0.15, -0.1) is 0 Å². The van der Waals surface area contributed by atoms with Crippen LogP contribution in [0.15, 0.2) is 18.2 Å². The van der Waals surface area contributed by atoms with Crippen molar-refractivity contribution in [1.29, 1.82) is 0 Å². The summed E-state index contributed by atoms with van der Waals surface area (Å²) in [6, 6.07) is 6.04. The summed E-state index contributed by atoms with van der Waals surface area (Å²) in [6.07, 6.45) is 3.50. The number of fused-ring (bicyclic) bond motifs is 1. The lowest BCUT2D eigenvalue weighted by Gasteiger charge is -2.04. The van der Waals surface area contributed by atoms with Crippen LogP contribution in [0.1, 0.15) is 34.8 Å². The highest BCUT2D eigenvalue weighted by molar-refractivity contribution is 5.97. The first kappa shape index (κ1) is 10.4. The third-order valence-electron chi connectivity index (χ3n) is 2.86. The van der Waals surface area contributed by atoms with Crippen molar-refractivity contribution in [2.45, 2.75) is 26.2 Å². The lowest BCUT2D eigenvalue weighted by atomic mass is 10.0. The van der Waals surface area contributed by atoms with Crippen LogP contribution in [0, 0.1) is 0 Å². The van der Waals surface area contributed by atoms with Crippen molar-refractivity contribution in [3.63, 3.8) is 0 Å². The molecule has 0 aliphatic heterocycles. The van der Waals surface area contributed by atoms with Gasteiger partial charge in [-0.25, -0.2) is 0 Å². The van der Waals surface area contributed by atoms with Crippen LogP contribution in [0.5, 0.6) is 0 Å². The number of hydrogen-bond acceptors (Lipinski definition) is 2. The Hall–Kier alpha value is -1.15. The highest BCUT2D eigenvalue weighted by Crippen LogP contribution is 2.22. The fourth-order valence-electron chi connectivity index (χ4n) is 2.02. The molecule has 2 rings (SSSR count). The van der Waals surface area contributed by atoms with E-state index >= 15 is 0 Å². The summed E-state index contributed by atoms with van der Waals surface area (Å²) in [7, 11) is 0. The highest BCUT2D eigenvalue weighted by atomic mass is 16.5. The lowest BCUT2D eigenvalue weighted by molar-refractivity contribution is 0.0783. The molecule has 0 unspecified atom stereocenters. The third-order valence-corrected chi connectivity index (χ3v) is 2.86. The predicted octanol–water partition coefficient (Wildman–Crippen LogP) is 2.39.